The minimum atomic E-state index is -0.265. The molecule has 2 aromatic carbocycles. The van der Waals surface area contributed by atoms with E-state index in [1.165, 1.54) is 5.56 Å². The Morgan fingerprint density at radius 3 is 2.11 bits per heavy atom. The van der Waals surface area contributed by atoms with Crippen molar-refractivity contribution in [3.63, 3.8) is 0 Å². The molecule has 0 aliphatic rings. The van der Waals surface area contributed by atoms with Gasteiger partial charge in [0.2, 0.25) is 0 Å². The Kier molecular flexibility index (Phi) is 7.11. The molecule has 0 aromatic heterocycles. The lowest BCUT2D eigenvalue weighted by atomic mass is 9.87. The van der Waals surface area contributed by atoms with Gasteiger partial charge in [0.1, 0.15) is 18.1 Å². The first-order valence-corrected chi connectivity index (χ1v) is 9.29. The minimum Gasteiger partial charge on any atom is -0.492 e. The quantitative estimate of drug-likeness (QED) is 0.676. The van der Waals surface area contributed by atoms with Gasteiger partial charge in [-0.05, 0) is 61.2 Å². The van der Waals surface area contributed by atoms with E-state index in [9.17, 15) is 4.79 Å². The van der Waals surface area contributed by atoms with Crippen LogP contribution in [0.1, 0.15) is 40.2 Å². The average molecular weight is 370 g/mol. The van der Waals surface area contributed by atoms with E-state index in [-0.39, 0.29) is 17.6 Å². The first-order chi connectivity index (χ1) is 12.7. The third kappa shape index (κ3) is 7.21. The normalized spacial score (nSPS) is 11.2. The molecule has 2 amide bonds. The summed E-state index contributed by atoms with van der Waals surface area (Å²) in [6.07, 6.45) is 0.122. The van der Waals surface area contributed by atoms with Gasteiger partial charge in [-0.3, -0.25) is 0 Å². The molecule has 0 atom stereocenters. The second-order valence-electron chi connectivity index (χ2n) is 7.69. The predicted octanol–water partition coefficient (Wildman–Crippen LogP) is 4.97. The summed E-state index contributed by atoms with van der Waals surface area (Å²) in [5.74, 6) is 1.58. The van der Waals surface area contributed by atoms with E-state index in [0.717, 1.165) is 11.5 Å². The molecular weight excluding hydrogens is 340 g/mol. The van der Waals surface area contributed by atoms with Gasteiger partial charge < -0.3 is 20.1 Å². The molecule has 2 aromatic rings. The van der Waals surface area contributed by atoms with E-state index in [0.29, 0.717) is 18.8 Å². The second-order valence-corrected chi connectivity index (χ2v) is 7.69. The molecule has 27 heavy (non-hydrogen) atoms. The fraction of sp³-hybridized carbons (Fsp3) is 0.409. The number of amides is 2. The number of rotatable bonds is 7. The predicted molar refractivity (Wildman–Crippen MR) is 110 cm³/mol. The maximum Gasteiger partial charge on any atom is 0.319 e. The van der Waals surface area contributed by atoms with Crippen molar-refractivity contribution in [2.45, 2.75) is 46.1 Å². The van der Waals surface area contributed by atoms with Gasteiger partial charge in [-0.2, -0.15) is 0 Å². The SMILES string of the molecule is CC(C)Oc1ccc(NC(=O)NCCOc2ccc(C(C)(C)C)cc2)cc1. The number of nitrogens with one attached hydrogen (secondary N) is 2. The highest BCUT2D eigenvalue weighted by Crippen LogP contribution is 2.24. The maximum atomic E-state index is 11.9. The first-order valence-electron chi connectivity index (χ1n) is 9.29. The molecule has 2 rings (SSSR count). The second kappa shape index (κ2) is 9.31. The molecular formula is C22H30N2O3. The summed E-state index contributed by atoms with van der Waals surface area (Å²) < 4.78 is 11.2. The highest BCUT2D eigenvalue weighted by Gasteiger charge is 2.12. The van der Waals surface area contributed by atoms with Crippen molar-refractivity contribution in [3.05, 3.63) is 54.1 Å². The largest absolute Gasteiger partial charge is 0.492 e. The molecule has 0 fully saturated rings. The Balaban J connectivity index is 1.70. The topological polar surface area (TPSA) is 59.6 Å². The molecule has 0 saturated carbocycles. The van der Waals surface area contributed by atoms with Gasteiger partial charge in [0.25, 0.3) is 0 Å². The zero-order valence-corrected chi connectivity index (χ0v) is 16.8. The Labute approximate surface area is 162 Å². The van der Waals surface area contributed by atoms with Gasteiger partial charge in [-0.15, -0.1) is 0 Å². The van der Waals surface area contributed by atoms with Crippen LogP contribution >= 0.6 is 0 Å². The van der Waals surface area contributed by atoms with Crippen LogP contribution in [0.4, 0.5) is 10.5 Å². The van der Waals surface area contributed by atoms with Crippen molar-refractivity contribution in [1.29, 1.82) is 0 Å². The van der Waals surface area contributed by atoms with Crippen LogP contribution in [0.2, 0.25) is 0 Å². The maximum absolute atomic E-state index is 11.9. The van der Waals surface area contributed by atoms with Crippen LogP contribution in [0, 0.1) is 0 Å². The van der Waals surface area contributed by atoms with Gasteiger partial charge in [-0.1, -0.05) is 32.9 Å². The molecule has 5 nitrogen and oxygen atoms in total. The van der Waals surface area contributed by atoms with E-state index in [4.69, 9.17) is 9.47 Å². The number of carbonyl (C=O) groups excluding carboxylic acids is 1. The van der Waals surface area contributed by atoms with Crippen LogP contribution in [-0.2, 0) is 5.41 Å². The molecule has 0 unspecified atom stereocenters. The third-order valence-electron chi connectivity index (χ3n) is 3.86. The summed E-state index contributed by atoms with van der Waals surface area (Å²) in [5, 5.41) is 5.56. The van der Waals surface area contributed by atoms with Gasteiger partial charge in [0, 0.05) is 5.69 Å². The molecule has 0 radical (unpaired) electrons. The summed E-state index contributed by atoms with van der Waals surface area (Å²) in [6, 6.07) is 15.1. The molecule has 0 aliphatic carbocycles. The fourth-order valence-electron chi connectivity index (χ4n) is 2.45. The number of ether oxygens (including phenoxy) is 2. The van der Waals surface area contributed by atoms with Crippen molar-refractivity contribution < 1.29 is 14.3 Å². The van der Waals surface area contributed by atoms with Crippen molar-refractivity contribution in [2.24, 2.45) is 0 Å². The van der Waals surface area contributed by atoms with Gasteiger partial charge >= 0.3 is 6.03 Å². The van der Waals surface area contributed by atoms with E-state index >= 15 is 0 Å². The van der Waals surface area contributed by atoms with E-state index < -0.39 is 0 Å². The lowest BCUT2D eigenvalue weighted by Crippen LogP contribution is -2.32. The lowest BCUT2D eigenvalue weighted by molar-refractivity contribution is 0.242. The fourth-order valence-corrected chi connectivity index (χ4v) is 2.45. The standard InChI is InChI=1S/C22H30N2O3/c1-16(2)27-20-12-8-18(9-13-20)24-21(25)23-14-15-26-19-10-6-17(7-11-19)22(3,4)5/h6-13,16H,14-15H2,1-5H3,(H2,23,24,25). The summed E-state index contributed by atoms with van der Waals surface area (Å²) >= 11 is 0. The number of hydrogen-bond donors (Lipinski definition) is 2. The summed E-state index contributed by atoms with van der Waals surface area (Å²) in [4.78, 5) is 11.9. The molecule has 0 heterocycles. The highest BCUT2D eigenvalue weighted by molar-refractivity contribution is 5.89. The van der Waals surface area contributed by atoms with Crippen molar-refractivity contribution in [1.82, 2.24) is 5.32 Å². The Morgan fingerprint density at radius 2 is 1.56 bits per heavy atom. The van der Waals surface area contributed by atoms with Crippen LogP contribution in [-0.4, -0.2) is 25.3 Å². The molecule has 0 spiro atoms. The Bertz CT molecular complexity index is 717. The van der Waals surface area contributed by atoms with Crippen LogP contribution in [0.25, 0.3) is 0 Å². The highest BCUT2D eigenvalue weighted by atomic mass is 16.5. The van der Waals surface area contributed by atoms with E-state index in [2.05, 4.69) is 43.5 Å². The van der Waals surface area contributed by atoms with Gasteiger partial charge in [-0.25, -0.2) is 4.79 Å². The molecule has 146 valence electrons. The number of carbonyl (C=O) groups is 1. The third-order valence-corrected chi connectivity index (χ3v) is 3.86. The first kappa shape index (κ1) is 20.6. The molecule has 0 saturated heterocycles. The Morgan fingerprint density at radius 1 is 0.963 bits per heavy atom. The molecule has 0 bridgehead atoms. The molecule has 5 heteroatoms. The number of urea groups is 1. The van der Waals surface area contributed by atoms with Crippen molar-refractivity contribution in [2.75, 3.05) is 18.5 Å². The minimum absolute atomic E-state index is 0.122. The number of benzene rings is 2. The van der Waals surface area contributed by atoms with Gasteiger partial charge in [0.05, 0.1) is 12.6 Å². The number of anilines is 1. The van der Waals surface area contributed by atoms with E-state index in [1.807, 2.05) is 50.2 Å². The molecule has 2 N–H and O–H groups in total. The van der Waals surface area contributed by atoms with Crippen LogP contribution in [0.15, 0.2) is 48.5 Å². The molecule has 0 aliphatic heterocycles. The van der Waals surface area contributed by atoms with Crippen molar-refractivity contribution in [3.8, 4) is 11.5 Å². The summed E-state index contributed by atoms with van der Waals surface area (Å²) in [6.45, 7) is 11.3. The monoisotopic (exact) mass is 370 g/mol. The average Bonchev–Trinajstić information content (AvgIpc) is 2.60. The van der Waals surface area contributed by atoms with Gasteiger partial charge in [0.15, 0.2) is 0 Å². The van der Waals surface area contributed by atoms with Crippen LogP contribution in [0.5, 0.6) is 11.5 Å². The zero-order valence-electron chi connectivity index (χ0n) is 16.8. The van der Waals surface area contributed by atoms with Crippen LogP contribution < -0.4 is 20.1 Å². The smallest absolute Gasteiger partial charge is 0.319 e. The summed E-state index contributed by atoms with van der Waals surface area (Å²) in [7, 11) is 0. The lowest BCUT2D eigenvalue weighted by Gasteiger charge is -2.19. The zero-order chi connectivity index (χ0) is 19.9. The number of hydrogen-bond acceptors (Lipinski definition) is 3. The Hall–Kier alpha value is -2.69. The summed E-state index contributed by atoms with van der Waals surface area (Å²) in [5.41, 5.74) is 2.09. The van der Waals surface area contributed by atoms with Crippen molar-refractivity contribution >= 4 is 11.7 Å². The van der Waals surface area contributed by atoms with Crippen LogP contribution in [0.3, 0.4) is 0 Å². The van der Waals surface area contributed by atoms with E-state index in [1.54, 1.807) is 0 Å².